The summed E-state index contributed by atoms with van der Waals surface area (Å²) < 4.78 is 2.17. The molecule has 2 aromatic heterocycles. The molecule has 5 rings (SSSR count). The first-order valence-electron chi connectivity index (χ1n) is 8.05. The van der Waals surface area contributed by atoms with Crippen LogP contribution in [0.25, 0.3) is 5.65 Å². The highest BCUT2D eigenvalue weighted by Gasteiger charge is 2.49. The molecule has 2 fully saturated rings. The monoisotopic (exact) mass is 290 g/mol. The Labute approximate surface area is 129 Å². The Kier molecular flexibility index (Phi) is 2.33. The molecule has 0 N–H and O–H groups in total. The van der Waals surface area contributed by atoms with Crippen LogP contribution in [0.4, 0.5) is 0 Å². The SMILES string of the molecule is Cc1ccc(C2(c3nnc4c(C5CC5)nccn34)CC2)cc1. The van der Waals surface area contributed by atoms with Gasteiger partial charge in [0.2, 0.25) is 0 Å². The zero-order valence-corrected chi connectivity index (χ0v) is 12.7. The largest absolute Gasteiger partial charge is 0.283 e. The van der Waals surface area contributed by atoms with Gasteiger partial charge >= 0.3 is 0 Å². The van der Waals surface area contributed by atoms with Gasteiger partial charge in [-0.25, -0.2) is 0 Å². The quantitative estimate of drug-likeness (QED) is 0.742. The first kappa shape index (κ1) is 12.3. The molecule has 0 bridgehead atoms. The zero-order chi connectivity index (χ0) is 14.7. The maximum absolute atomic E-state index is 4.57. The van der Waals surface area contributed by atoms with E-state index in [1.54, 1.807) is 0 Å². The molecule has 0 amide bonds. The van der Waals surface area contributed by atoms with Gasteiger partial charge in [-0.1, -0.05) is 29.8 Å². The van der Waals surface area contributed by atoms with Crippen molar-refractivity contribution < 1.29 is 0 Å². The van der Waals surface area contributed by atoms with Crippen LogP contribution in [0.3, 0.4) is 0 Å². The van der Waals surface area contributed by atoms with Gasteiger partial charge in [0, 0.05) is 18.3 Å². The van der Waals surface area contributed by atoms with Crippen LogP contribution in [0.5, 0.6) is 0 Å². The first-order chi connectivity index (χ1) is 10.8. The van der Waals surface area contributed by atoms with E-state index in [1.807, 2.05) is 12.4 Å². The third-order valence-corrected chi connectivity index (χ3v) is 5.10. The molecule has 2 heterocycles. The van der Waals surface area contributed by atoms with Crippen molar-refractivity contribution in [3.8, 4) is 0 Å². The average molecular weight is 290 g/mol. The number of benzene rings is 1. The summed E-state index contributed by atoms with van der Waals surface area (Å²) in [5, 5.41) is 9.05. The summed E-state index contributed by atoms with van der Waals surface area (Å²) in [5.74, 6) is 1.67. The summed E-state index contributed by atoms with van der Waals surface area (Å²) in [6.07, 6.45) is 8.69. The van der Waals surface area contributed by atoms with Crippen molar-refractivity contribution >= 4 is 5.65 Å². The molecule has 0 aliphatic heterocycles. The lowest BCUT2D eigenvalue weighted by atomic mass is 9.94. The van der Waals surface area contributed by atoms with Crippen LogP contribution in [0.15, 0.2) is 36.7 Å². The Balaban J connectivity index is 1.67. The standard InChI is InChI=1S/C18H18N4/c1-12-2-6-14(7-3-12)18(8-9-18)17-21-20-16-15(13-4-5-13)19-10-11-22(16)17/h2-3,6-7,10-11,13H,4-5,8-9H2,1H3. The van der Waals surface area contributed by atoms with Gasteiger partial charge in [0.25, 0.3) is 0 Å². The van der Waals surface area contributed by atoms with Crippen LogP contribution in [-0.2, 0) is 5.41 Å². The van der Waals surface area contributed by atoms with E-state index in [9.17, 15) is 0 Å². The van der Waals surface area contributed by atoms with Gasteiger partial charge in [-0.05, 0) is 38.2 Å². The zero-order valence-electron chi connectivity index (χ0n) is 12.7. The Hall–Kier alpha value is -2.23. The molecule has 0 unspecified atom stereocenters. The Bertz CT molecular complexity index is 854. The summed E-state index contributed by atoms with van der Waals surface area (Å²) in [7, 11) is 0. The fraction of sp³-hybridized carbons (Fsp3) is 0.389. The highest BCUT2D eigenvalue weighted by molar-refractivity contribution is 5.50. The van der Waals surface area contributed by atoms with Gasteiger partial charge in [0.15, 0.2) is 5.65 Å². The van der Waals surface area contributed by atoms with Gasteiger partial charge < -0.3 is 0 Å². The minimum Gasteiger partial charge on any atom is -0.283 e. The number of hydrogen-bond donors (Lipinski definition) is 0. The minimum absolute atomic E-state index is 0.0509. The van der Waals surface area contributed by atoms with E-state index in [2.05, 4.69) is 50.8 Å². The van der Waals surface area contributed by atoms with Crippen LogP contribution in [-0.4, -0.2) is 19.6 Å². The second kappa shape index (κ2) is 4.15. The van der Waals surface area contributed by atoms with E-state index in [-0.39, 0.29) is 5.41 Å². The van der Waals surface area contributed by atoms with Crippen molar-refractivity contribution in [3.63, 3.8) is 0 Å². The molecule has 0 radical (unpaired) electrons. The highest BCUT2D eigenvalue weighted by atomic mass is 15.3. The minimum atomic E-state index is 0.0509. The smallest absolute Gasteiger partial charge is 0.182 e. The lowest BCUT2D eigenvalue weighted by molar-refractivity contribution is 0.738. The molecule has 110 valence electrons. The molecule has 2 aliphatic carbocycles. The highest BCUT2D eigenvalue weighted by Crippen LogP contribution is 2.53. The summed E-state index contributed by atoms with van der Waals surface area (Å²) in [6.45, 7) is 2.13. The number of aromatic nitrogens is 4. The van der Waals surface area contributed by atoms with Gasteiger partial charge in [-0.2, -0.15) is 0 Å². The molecule has 4 heteroatoms. The summed E-state index contributed by atoms with van der Waals surface area (Å²) in [6, 6.07) is 8.87. The first-order valence-corrected chi connectivity index (χ1v) is 8.05. The van der Waals surface area contributed by atoms with E-state index in [0.29, 0.717) is 5.92 Å². The fourth-order valence-electron chi connectivity index (χ4n) is 3.46. The second-order valence-electron chi connectivity index (χ2n) is 6.75. The van der Waals surface area contributed by atoms with Gasteiger partial charge in [-0.3, -0.25) is 9.38 Å². The predicted octanol–water partition coefficient (Wildman–Crippen LogP) is 3.39. The van der Waals surface area contributed by atoms with Crippen LogP contribution in [0.1, 0.15) is 54.2 Å². The van der Waals surface area contributed by atoms with Gasteiger partial charge in [0.05, 0.1) is 11.1 Å². The molecule has 2 saturated carbocycles. The molecular weight excluding hydrogens is 272 g/mol. The molecule has 0 saturated heterocycles. The molecule has 1 aromatic carbocycles. The molecule has 0 atom stereocenters. The Morgan fingerprint density at radius 2 is 1.86 bits per heavy atom. The number of hydrogen-bond acceptors (Lipinski definition) is 3. The van der Waals surface area contributed by atoms with Crippen LogP contribution >= 0.6 is 0 Å². The van der Waals surface area contributed by atoms with Crippen molar-refractivity contribution in [1.29, 1.82) is 0 Å². The van der Waals surface area contributed by atoms with Crippen LogP contribution in [0, 0.1) is 6.92 Å². The molecule has 4 nitrogen and oxygen atoms in total. The predicted molar refractivity (Wildman–Crippen MR) is 84.0 cm³/mol. The summed E-state index contributed by atoms with van der Waals surface area (Å²) in [5.41, 5.74) is 4.79. The van der Waals surface area contributed by atoms with E-state index in [0.717, 1.165) is 30.0 Å². The summed E-state index contributed by atoms with van der Waals surface area (Å²) in [4.78, 5) is 4.55. The molecular formula is C18H18N4. The van der Waals surface area contributed by atoms with E-state index < -0.39 is 0 Å². The topological polar surface area (TPSA) is 43.1 Å². The van der Waals surface area contributed by atoms with E-state index >= 15 is 0 Å². The maximum Gasteiger partial charge on any atom is 0.182 e. The third-order valence-electron chi connectivity index (χ3n) is 5.10. The second-order valence-corrected chi connectivity index (χ2v) is 6.75. The van der Waals surface area contributed by atoms with E-state index in [4.69, 9.17) is 0 Å². The third kappa shape index (κ3) is 1.67. The van der Waals surface area contributed by atoms with Crippen molar-refractivity contribution in [1.82, 2.24) is 19.6 Å². The molecule has 3 aromatic rings. The van der Waals surface area contributed by atoms with Crippen LogP contribution in [0.2, 0.25) is 0 Å². The van der Waals surface area contributed by atoms with Crippen molar-refractivity contribution in [2.75, 3.05) is 0 Å². The lowest BCUT2D eigenvalue weighted by Gasteiger charge is -2.14. The fourth-order valence-corrected chi connectivity index (χ4v) is 3.46. The Morgan fingerprint density at radius 3 is 2.55 bits per heavy atom. The van der Waals surface area contributed by atoms with Crippen LogP contribution < -0.4 is 0 Å². The molecule has 22 heavy (non-hydrogen) atoms. The Morgan fingerprint density at radius 1 is 1.09 bits per heavy atom. The van der Waals surface area contributed by atoms with Crippen molar-refractivity contribution in [2.45, 2.75) is 43.9 Å². The normalized spacial score (nSPS) is 19.5. The number of aryl methyl sites for hydroxylation is 1. The van der Waals surface area contributed by atoms with E-state index in [1.165, 1.54) is 24.0 Å². The summed E-state index contributed by atoms with van der Waals surface area (Å²) >= 11 is 0. The lowest BCUT2D eigenvalue weighted by Crippen LogP contribution is -2.13. The van der Waals surface area contributed by atoms with Crippen molar-refractivity contribution in [3.05, 3.63) is 59.3 Å². The maximum atomic E-state index is 4.57. The van der Waals surface area contributed by atoms with Gasteiger partial charge in [-0.15, -0.1) is 10.2 Å². The van der Waals surface area contributed by atoms with Crippen molar-refractivity contribution in [2.24, 2.45) is 0 Å². The molecule has 2 aliphatic rings. The number of rotatable bonds is 3. The number of fused-ring (bicyclic) bond motifs is 1. The van der Waals surface area contributed by atoms with Gasteiger partial charge in [0.1, 0.15) is 5.82 Å². The average Bonchev–Trinajstić information content (AvgIpc) is 3.46. The number of nitrogens with zero attached hydrogens (tertiary/aromatic N) is 4. The molecule has 0 spiro atoms.